The first-order valence-corrected chi connectivity index (χ1v) is 10.6. The minimum absolute atomic E-state index is 0.0388. The van der Waals surface area contributed by atoms with Gasteiger partial charge in [0.05, 0.1) is 17.8 Å². The zero-order valence-electron chi connectivity index (χ0n) is 17.4. The SMILES string of the molecule is Cc1cc(-c2ccn3nc(NC(=O)C4CC4)cc3c2)c(OCC2(C#N)CCNC2)cn1. The van der Waals surface area contributed by atoms with E-state index >= 15 is 0 Å². The second-order valence-corrected chi connectivity index (χ2v) is 8.51. The lowest BCUT2D eigenvalue weighted by Gasteiger charge is -2.21. The molecule has 1 saturated heterocycles. The predicted octanol–water partition coefficient (Wildman–Crippen LogP) is 2.94. The van der Waals surface area contributed by atoms with Gasteiger partial charge in [0.1, 0.15) is 17.8 Å². The van der Waals surface area contributed by atoms with Gasteiger partial charge < -0.3 is 15.4 Å². The first-order chi connectivity index (χ1) is 15.0. The predicted molar refractivity (Wildman–Crippen MR) is 116 cm³/mol. The van der Waals surface area contributed by atoms with Gasteiger partial charge >= 0.3 is 0 Å². The van der Waals surface area contributed by atoms with Crippen molar-refractivity contribution >= 4 is 17.2 Å². The summed E-state index contributed by atoms with van der Waals surface area (Å²) in [5, 5.41) is 20.2. The van der Waals surface area contributed by atoms with Gasteiger partial charge in [-0.25, -0.2) is 4.52 Å². The molecule has 1 unspecified atom stereocenters. The molecule has 1 aliphatic heterocycles. The molecule has 1 aliphatic carbocycles. The smallest absolute Gasteiger partial charge is 0.228 e. The molecule has 0 bridgehead atoms. The van der Waals surface area contributed by atoms with E-state index in [2.05, 4.69) is 26.8 Å². The Balaban J connectivity index is 1.42. The fourth-order valence-corrected chi connectivity index (χ4v) is 3.90. The van der Waals surface area contributed by atoms with E-state index in [1.807, 2.05) is 37.4 Å². The van der Waals surface area contributed by atoms with Gasteiger partial charge in [-0.15, -0.1) is 0 Å². The molecule has 3 aromatic rings. The maximum atomic E-state index is 12.0. The molecule has 8 nitrogen and oxygen atoms in total. The number of aromatic nitrogens is 3. The van der Waals surface area contributed by atoms with Gasteiger partial charge in [-0.3, -0.25) is 9.78 Å². The number of rotatable bonds is 6. The molecule has 2 fully saturated rings. The van der Waals surface area contributed by atoms with Crippen LogP contribution in [0.15, 0.2) is 36.7 Å². The average molecular weight is 416 g/mol. The van der Waals surface area contributed by atoms with Gasteiger partial charge in [-0.2, -0.15) is 10.4 Å². The molecule has 1 saturated carbocycles. The summed E-state index contributed by atoms with van der Waals surface area (Å²) in [6.45, 7) is 3.72. The van der Waals surface area contributed by atoms with Crippen LogP contribution in [0.5, 0.6) is 5.75 Å². The first kappa shape index (κ1) is 19.5. The number of pyridine rings is 2. The number of aryl methyl sites for hydroxylation is 1. The van der Waals surface area contributed by atoms with Crippen molar-refractivity contribution < 1.29 is 9.53 Å². The van der Waals surface area contributed by atoms with Crippen molar-refractivity contribution in [1.29, 1.82) is 5.26 Å². The summed E-state index contributed by atoms with van der Waals surface area (Å²) in [7, 11) is 0. The number of amides is 1. The second-order valence-electron chi connectivity index (χ2n) is 8.51. The zero-order valence-corrected chi connectivity index (χ0v) is 17.4. The van der Waals surface area contributed by atoms with Gasteiger partial charge in [-0.05, 0) is 56.5 Å². The molecule has 31 heavy (non-hydrogen) atoms. The number of nitrogens with one attached hydrogen (secondary N) is 2. The lowest BCUT2D eigenvalue weighted by molar-refractivity contribution is -0.117. The highest BCUT2D eigenvalue weighted by molar-refractivity contribution is 5.93. The Hall–Kier alpha value is -3.44. The number of carbonyl (C=O) groups is 1. The molecule has 0 radical (unpaired) electrons. The van der Waals surface area contributed by atoms with Gasteiger partial charge in [0, 0.05) is 36.0 Å². The van der Waals surface area contributed by atoms with Crippen molar-refractivity contribution in [2.24, 2.45) is 11.3 Å². The van der Waals surface area contributed by atoms with Crippen molar-refractivity contribution in [2.75, 3.05) is 25.0 Å². The summed E-state index contributed by atoms with van der Waals surface area (Å²) in [5.74, 6) is 1.38. The van der Waals surface area contributed by atoms with Crippen molar-refractivity contribution in [3.8, 4) is 22.9 Å². The summed E-state index contributed by atoms with van der Waals surface area (Å²) in [6.07, 6.45) is 6.28. The van der Waals surface area contributed by atoms with E-state index < -0.39 is 5.41 Å². The van der Waals surface area contributed by atoms with Crippen LogP contribution in [0.25, 0.3) is 16.6 Å². The third-order valence-electron chi connectivity index (χ3n) is 5.96. The number of nitriles is 1. The lowest BCUT2D eigenvalue weighted by atomic mass is 9.90. The fourth-order valence-electron chi connectivity index (χ4n) is 3.90. The minimum atomic E-state index is -0.508. The molecule has 2 aliphatic rings. The number of hydrogen-bond acceptors (Lipinski definition) is 6. The van der Waals surface area contributed by atoms with Crippen LogP contribution in [0.3, 0.4) is 0 Å². The Bertz CT molecular complexity index is 1180. The van der Waals surface area contributed by atoms with Crippen LogP contribution in [-0.4, -0.2) is 40.2 Å². The van der Waals surface area contributed by atoms with Gasteiger partial charge in [0.15, 0.2) is 5.82 Å². The van der Waals surface area contributed by atoms with E-state index in [4.69, 9.17) is 4.74 Å². The highest BCUT2D eigenvalue weighted by atomic mass is 16.5. The summed E-state index contributed by atoms with van der Waals surface area (Å²) < 4.78 is 7.87. The maximum absolute atomic E-state index is 12.0. The summed E-state index contributed by atoms with van der Waals surface area (Å²) in [4.78, 5) is 16.4. The molecule has 8 heteroatoms. The molecular weight excluding hydrogens is 392 g/mol. The van der Waals surface area contributed by atoms with Crippen molar-refractivity contribution in [2.45, 2.75) is 26.2 Å². The summed E-state index contributed by atoms with van der Waals surface area (Å²) in [5.41, 5.74) is 3.12. The van der Waals surface area contributed by atoms with Crippen molar-refractivity contribution in [3.63, 3.8) is 0 Å². The fraction of sp³-hybridized carbons (Fsp3) is 0.391. The monoisotopic (exact) mass is 416 g/mol. The van der Waals surface area contributed by atoms with Crippen molar-refractivity contribution in [3.05, 3.63) is 42.4 Å². The Morgan fingerprint density at radius 1 is 1.42 bits per heavy atom. The van der Waals surface area contributed by atoms with E-state index in [0.717, 1.165) is 48.1 Å². The quantitative estimate of drug-likeness (QED) is 0.640. The van der Waals surface area contributed by atoms with Gasteiger partial charge in [0.25, 0.3) is 0 Å². The van der Waals surface area contributed by atoms with Gasteiger partial charge in [-0.1, -0.05) is 0 Å². The minimum Gasteiger partial charge on any atom is -0.490 e. The van der Waals surface area contributed by atoms with Crippen LogP contribution in [0.2, 0.25) is 0 Å². The third-order valence-corrected chi connectivity index (χ3v) is 5.96. The Morgan fingerprint density at radius 3 is 3.03 bits per heavy atom. The van der Waals surface area contributed by atoms with Crippen molar-refractivity contribution in [1.82, 2.24) is 19.9 Å². The number of anilines is 1. The zero-order chi connectivity index (χ0) is 21.4. The average Bonchev–Trinajstić information content (AvgIpc) is 3.39. The molecule has 0 aromatic carbocycles. The van der Waals surface area contributed by atoms with Crippen LogP contribution in [-0.2, 0) is 4.79 Å². The highest BCUT2D eigenvalue weighted by Crippen LogP contribution is 2.34. The van der Waals surface area contributed by atoms with E-state index in [-0.39, 0.29) is 11.8 Å². The third kappa shape index (κ3) is 3.97. The molecular formula is C23H24N6O2. The highest BCUT2D eigenvalue weighted by Gasteiger charge is 2.35. The number of hydrogen-bond donors (Lipinski definition) is 2. The Morgan fingerprint density at radius 2 is 2.29 bits per heavy atom. The molecule has 158 valence electrons. The maximum Gasteiger partial charge on any atom is 0.228 e. The topological polar surface area (TPSA) is 104 Å². The molecule has 1 atom stereocenters. The normalized spacial score (nSPS) is 20.5. The van der Waals surface area contributed by atoms with E-state index in [0.29, 0.717) is 24.7 Å². The Kier molecular flexibility index (Phi) is 4.83. The van der Waals surface area contributed by atoms with Crippen LogP contribution in [0, 0.1) is 29.6 Å². The van der Waals surface area contributed by atoms with Crippen LogP contribution in [0.4, 0.5) is 5.82 Å². The van der Waals surface area contributed by atoms with E-state index in [9.17, 15) is 10.1 Å². The second kappa shape index (κ2) is 7.67. The van der Waals surface area contributed by atoms with Crippen LogP contribution >= 0.6 is 0 Å². The number of nitrogens with zero attached hydrogens (tertiary/aromatic N) is 4. The molecule has 1 amide bonds. The summed E-state index contributed by atoms with van der Waals surface area (Å²) >= 11 is 0. The largest absolute Gasteiger partial charge is 0.490 e. The summed E-state index contributed by atoms with van der Waals surface area (Å²) in [6, 6.07) is 10.2. The molecule has 4 heterocycles. The number of fused-ring (bicyclic) bond motifs is 1. The number of carbonyl (C=O) groups excluding carboxylic acids is 1. The van der Waals surface area contributed by atoms with E-state index in [1.54, 1.807) is 10.7 Å². The van der Waals surface area contributed by atoms with Crippen LogP contribution in [0.1, 0.15) is 25.0 Å². The molecule has 2 N–H and O–H groups in total. The Labute approximate surface area is 180 Å². The lowest BCUT2D eigenvalue weighted by Crippen LogP contribution is -2.29. The standard InChI is InChI=1S/C23H24N6O2/c1-15-8-19(20(11-26-15)31-14-23(12-24)5-6-25-13-23)17-4-7-29-18(9-17)10-21(28-29)27-22(30)16-2-3-16/h4,7-11,16,25H,2-3,5-6,13-14H2,1H3,(H,27,28,30). The molecule has 3 aromatic heterocycles. The molecule has 5 rings (SSSR count). The molecule has 0 spiro atoms. The first-order valence-electron chi connectivity index (χ1n) is 10.6. The van der Waals surface area contributed by atoms with E-state index in [1.165, 1.54) is 0 Å². The number of ether oxygens (including phenoxy) is 1. The van der Waals surface area contributed by atoms with Gasteiger partial charge in [0.2, 0.25) is 5.91 Å². The van der Waals surface area contributed by atoms with Crippen LogP contribution < -0.4 is 15.4 Å².